The van der Waals surface area contributed by atoms with Crippen LogP contribution in [-0.4, -0.2) is 36.2 Å². The lowest BCUT2D eigenvalue weighted by Gasteiger charge is -2.35. The number of benzene rings is 1. The molecule has 1 aromatic rings. The Labute approximate surface area is 108 Å². The van der Waals surface area contributed by atoms with Crippen LogP contribution in [0.1, 0.15) is 17.9 Å². The van der Waals surface area contributed by atoms with Gasteiger partial charge in [0.2, 0.25) is 0 Å². The van der Waals surface area contributed by atoms with Crippen LogP contribution in [0.2, 0.25) is 0 Å². The summed E-state index contributed by atoms with van der Waals surface area (Å²) in [6.45, 7) is -0.573. The van der Waals surface area contributed by atoms with Crippen molar-refractivity contribution in [2.75, 3.05) is 13.1 Å². The molecule has 0 bridgehead atoms. The number of alkyl halides is 4. The molecule has 1 aliphatic rings. The molecule has 0 N–H and O–H groups in total. The molecule has 1 amide bonds. The monoisotopic (exact) mass is 275 g/mol. The fourth-order valence-electron chi connectivity index (χ4n) is 2.34. The average Bonchev–Trinajstić information content (AvgIpc) is 2.37. The molecule has 0 aromatic heterocycles. The highest BCUT2D eigenvalue weighted by molar-refractivity contribution is 5.82. The van der Waals surface area contributed by atoms with Gasteiger partial charge in [-0.05, 0) is 12.0 Å². The Morgan fingerprint density at radius 1 is 1.21 bits per heavy atom. The highest BCUT2D eigenvalue weighted by Gasteiger charge is 2.45. The van der Waals surface area contributed by atoms with Crippen LogP contribution in [0.5, 0.6) is 0 Å². The van der Waals surface area contributed by atoms with Crippen LogP contribution in [0.15, 0.2) is 30.3 Å². The number of carbonyl (C=O) groups is 1. The Hall–Kier alpha value is -1.59. The highest BCUT2D eigenvalue weighted by atomic mass is 19.4. The molecule has 1 heterocycles. The van der Waals surface area contributed by atoms with E-state index in [0.29, 0.717) is 4.90 Å². The van der Waals surface area contributed by atoms with Crippen molar-refractivity contribution in [1.82, 2.24) is 4.90 Å². The average molecular weight is 275 g/mol. The molecule has 19 heavy (non-hydrogen) atoms. The van der Waals surface area contributed by atoms with Crippen molar-refractivity contribution in [2.45, 2.75) is 24.7 Å². The van der Waals surface area contributed by atoms with Gasteiger partial charge in [-0.1, -0.05) is 30.3 Å². The lowest BCUT2D eigenvalue weighted by Crippen LogP contribution is -2.49. The van der Waals surface area contributed by atoms with Crippen molar-refractivity contribution in [2.24, 2.45) is 0 Å². The van der Waals surface area contributed by atoms with E-state index in [9.17, 15) is 22.4 Å². The third-order valence-electron chi connectivity index (χ3n) is 3.30. The quantitative estimate of drug-likeness (QED) is 0.722. The van der Waals surface area contributed by atoms with Crippen LogP contribution in [-0.2, 0) is 4.79 Å². The third-order valence-corrected chi connectivity index (χ3v) is 3.30. The van der Waals surface area contributed by atoms with E-state index in [-0.39, 0.29) is 13.0 Å². The minimum atomic E-state index is -4.93. The topological polar surface area (TPSA) is 20.3 Å². The molecule has 1 aliphatic heterocycles. The van der Waals surface area contributed by atoms with Crippen molar-refractivity contribution in [1.29, 1.82) is 0 Å². The van der Waals surface area contributed by atoms with Crippen molar-refractivity contribution in [3.8, 4) is 0 Å². The number of hydrogen-bond acceptors (Lipinski definition) is 1. The Morgan fingerprint density at radius 2 is 1.84 bits per heavy atom. The summed E-state index contributed by atoms with van der Waals surface area (Å²) in [6, 6.07) is 8.81. The largest absolute Gasteiger partial charge is 0.471 e. The summed E-state index contributed by atoms with van der Waals surface area (Å²) in [5, 5.41) is 0. The SMILES string of the molecule is O=C(N1CCC(c2ccccc2)C(F)C1)C(F)(F)F. The van der Waals surface area contributed by atoms with Gasteiger partial charge < -0.3 is 4.90 Å². The first-order valence-corrected chi connectivity index (χ1v) is 5.94. The van der Waals surface area contributed by atoms with Gasteiger partial charge in [0.1, 0.15) is 6.17 Å². The molecule has 0 radical (unpaired) electrons. The summed E-state index contributed by atoms with van der Waals surface area (Å²) < 4.78 is 50.8. The molecule has 6 heteroatoms. The first kappa shape index (κ1) is 13.8. The molecule has 2 atom stereocenters. The van der Waals surface area contributed by atoms with Crippen molar-refractivity contribution >= 4 is 5.91 Å². The minimum Gasteiger partial charge on any atom is -0.332 e. The predicted molar refractivity (Wildman–Crippen MR) is 61.3 cm³/mol. The second kappa shape index (κ2) is 5.19. The molecule has 2 unspecified atom stereocenters. The normalized spacial score (nSPS) is 24.3. The van der Waals surface area contributed by atoms with E-state index in [1.165, 1.54) is 0 Å². The predicted octanol–water partition coefficient (Wildman–Crippen LogP) is 2.90. The van der Waals surface area contributed by atoms with E-state index in [1.807, 2.05) is 0 Å². The highest BCUT2D eigenvalue weighted by Crippen LogP contribution is 2.32. The third kappa shape index (κ3) is 3.05. The number of likely N-dealkylation sites (tertiary alicyclic amines) is 1. The molecule has 104 valence electrons. The van der Waals surface area contributed by atoms with Gasteiger partial charge in [-0.25, -0.2) is 4.39 Å². The van der Waals surface area contributed by atoms with Crippen molar-refractivity contribution in [3.05, 3.63) is 35.9 Å². The minimum absolute atomic E-state index is 0.0711. The molecule has 1 aromatic carbocycles. The number of rotatable bonds is 1. The van der Waals surface area contributed by atoms with Crippen LogP contribution >= 0.6 is 0 Å². The number of piperidine rings is 1. The van der Waals surface area contributed by atoms with Gasteiger partial charge in [-0.15, -0.1) is 0 Å². The van der Waals surface area contributed by atoms with E-state index >= 15 is 0 Å². The van der Waals surface area contributed by atoms with Crippen LogP contribution in [0.4, 0.5) is 17.6 Å². The molecule has 0 spiro atoms. The van der Waals surface area contributed by atoms with E-state index in [4.69, 9.17) is 0 Å². The lowest BCUT2D eigenvalue weighted by molar-refractivity contribution is -0.187. The maximum absolute atomic E-state index is 14.0. The van der Waals surface area contributed by atoms with E-state index in [1.54, 1.807) is 30.3 Å². The number of nitrogens with zero attached hydrogens (tertiary/aromatic N) is 1. The fourth-order valence-corrected chi connectivity index (χ4v) is 2.34. The van der Waals surface area contributed by atoms with E-state index in [0.717, 1.165) is 5.56 Å². The zero-order valence-electron chi connectivity index (χ0n) is 10.0. The van der Waals surface area contributed by atoms with Gasteiger partial charge in [0.15, 0.2) is 0 Å². The molecule has 0 saturated carbocycles. The Bertz CT molecular complexity index is 446. The van der Waals surface area contributed by atoms with Crippen LogP contribution in [0, 0.1) is 0 Å². The Kier molecular flexibility index (Phi) is 3.78. The van der Waals surface area contributed by atoms with Gasteiger partial charge in [0, 0.05) is 12.5 Å². The standard InChI is InChI=1S/C13H13F4NO/c14-11-8-18(12(19)13(15,16)17)7-6-10(11)9-4-2-1-3-5-9/h1-5,10-11H,6-8H2. The number of halogens is 4. The Morgan fingerprint density at radius 3 is 2.37 bits per heavy atom. The van der Waals surface area contributed by atoms with Gasteiger partial charge in [0.25, 0.3) is 0 Å². The van der Waals surface area contributed by atoms with E-state index in [2.05, 4.69) is 0 Å². The van der Waals surface area contributed by atoms with Crippen LogP contribution in [0.3, 0.4) is 0 Å². The molecule has 2 rings (SSSR count). The molecular formula is C13H13F4NO. The van der Waals surface area contributed by atoms with Gasteiger partial charge >= 0.3 is 12.1 Å². The summed E-state index contributed by atoms with van der Waals surface area (Å²) >= 11 is 0. The maximum Gasteiger partial charge on any atom is 0.471 e. The zero-order valence-corrected chi connectivity index (χ0v) is 10.0. The van der Waals surface area contributed by atoms with Crippen molar-refractivity contribution < 1.29 is 22.4 Å². The van der Waals surface area contributed by atoms with Crippen LogP contribution < -0.4 is 0 Å². The van der Waals surface area contributed by atoms with Gasteiger partial charge in [-0.2, -0.15) is 13.2 Å². The molecule has 0 aliphatic carbocycles. The smallest absolute Gasteiger partial charge is 0.332 e. The first-order valence-electron chi connectivity index (χ1n) is 5.94. The van der Waals surface area contributed by atoms with E-state index < -0.39 is 30.7 Å². The number of amides is 1. The maximum atomic E-state index is 14.0. The number of carbonyl (C=O) groups excluding carboxylic acids is 1. The van der Waals surface area contributed by atoms with Gasteiger partial charge in [0.05, 0.1) is 6.54 Å². The van der Waals surface area contributed by atoms with Crippen molar-refractivity contribution in [3.63, 3.8) is 0 Å². The summed E-state index contributed by atoms with van der Waals surface area (Å²) in [5.41, 5.74) is 0.758. The molecule has 2 nitrogen and oxygen atoms in total. The molecule has 1 fully saturated rings. The summed E-state index contributed by atoms with van der Waals surface area (Å²) in [4.78, 5) is 11.6. The summed E-state index contributed by atoms with van der Waals surface area (Å²) in [7, 11) is 0. The summed E-state index contributed by atoms with van der Waals surface area (Å²) in [5.74, 6) is -2.40. The second-order valence-electron chi connectivity index (χ2n) is 4.57. The molecular weight excluding hydrogens is 262 g/mol. The molecule has 1 saturated heterocycles. The first-order chi connectivity index (χ1) is 8.89. The summed E-state index contributed by atoms with van der Waals surface area (Å²) in [6.07, 6.45) is -6.20. The van der Waals surface area contributed by atoms with Gasteiger partial charge in [-0.3, -0.25) is 4.79 Å². The Balaban J connectivity index is 2.05. The second-order valence-corrected chi connectivity index (χ2v) is 4.57. The lowest BCUT2D eigenvalue weighted by atomic mass is 9.88. The number of hydrogen-bond donors (Lipinski definition) is 0. The zero-order chi connectivity index (χ0) is 14.0. The fraction of sp³-hybridized carbons (Fsp3) is 0.462. The van der Waals surface area contributed by atoms with Crippen LogP contribution in [0.25, 0.3) is 0 Å².